The van der Waals surface area contributed by atoms with E-state index in [0.29, 0.717) is 37.2 Å². The molecule has 0 aliphatic carbocycles. The smallest absolute Gasteiger partial charge is 0.245 e. The molecule has 0 N–H and O–H groups in total. The average Bonchev–Trinajstić information content (AvgIpc) is 3.17. The van der Waals surface area contributed by atoms with Gasteiger partial charge in [0.15, 0.2) is 0 Å². The van der Waals surface area contributed by atoms with Gasteiger partial charge < -0.3 is 4.90 Å². The Morgan fingerprint density at radius 3 is 2.59 bits per heavy atom. The number of aromatic nitrogens is 2. The van der Waals surface area contributed by atoms with Gasteiger partial charge in [0.2, 0.25) is 15.9 Å². The molecule has 9 heteroatoms. The fourth-order valence-corrected chi connectivity index (χ4v) is 5.66. The van der Waals surface area contributed by atoms with Crippen molar-refractivity contribution in [1.29, 1.82) is 0 Å². The molecule has 7 nitrogen and oxygen atoms in total. The van der Waals surface area contributed by atoms with Crippen molar-refractivity contribution in [2.24, 2.45) is 5.92 Å². The zero-order valence-corrected chi connectivity index (χ0v) is 17.4. The van der Waals surface area contributed by atoms with Crippen LogP contribution in [-0.4, -0.2) is 58.5 Å². The van der Waals surface area contributed by atoms with E-state index in [1.165, 1.54) is 4.31 Å². The number of hydrogen-bond acceptors (Lipinski definition) is 6. The Kier molecular flexibility index (Phi) is 6.44. The largest absolute Gasteiger partial charge is 0.340 e. The van der Waals surface area contributed by atoms with Crippen LogP contribution in [0.15, 0.2) is 23.1 Å². The molecule has 1 unspecified atom stereocenters. The second-order valence-electron chi connectivity index (χ2n) is 6.86. The zero-order chi connectivity index (χ0) is 19.4. The number of benzene rings is 1. The zero-order valence-electron chi connectivity index (χ0n) is 15.8. The van der Waals surface area contributed by atoms with Crippen LogP contribution < -0.4 is 0 Å². The number of carbonyl (C=O) groups excluding carboxylic acids is 1. The van der Waals surface area contributed by atoms with Gasteiger partial charge in [-0.25, -0.2) is 8.42 Å². The Labute approximate surface area is 164 Å². The number of piperazine rings is 1. The predicted molar refractivity (Wildman–Crippen MR) is 106 cm³/mol. The van der Waals surface area contributed by atoms with Crippen molar-refractivity contribution < 1.29 is 13.2 Å². The molecular weight excluding hydrogens is 384 g/mol. The Morgan fingerprint density at radius 1 is 1.19 bits per heavy atom. The summed E-state index contributed by atoms with van der Waals surface area (Å²) in [5.41, 5.74) is 1.02. The molecule has 1 fully saturated rings. The van der Waals surface area contributed by atoms with Crippen molar-refractivity contribution in [3.63, 3.8) is 0 Å². The van der Waals surface area contributed by atoms with Gasteiger partial charge in [0.05, 0.1) is 11.7 Å². The average molecular weight is 411 g/mol. The van der Waals surface area contributed by atoms with E-state index in [4.69, 9.17) is 0 Å². The Balaban J connectivity index is 1.70. The second-order valence-corrected chi connectivity index (χ2v) is 9.30. The first-order valence-electron chi connectivity index (χ1n) is 9.49. The number of nitrogens with zero attached hydrogens (tertiary/aromatic N) is 4. The van der Waals surface area contributed by atoms with E-state index in [9.17, 15) is 13.2 Å². The molecule has 27 heavy (non-hydrogen) atoms. The summed E-state index contributed by atoms with van der Waals surface area (Å²) in [6.45, 7) is 5.66. The lowest BCUT2D eigenvalue weighted by Crippen LogP contribution is -2.51. The highest BCUT2D eigenvalue weighted by molar-refractivity contribution is 7.89. The van der Waals surface area contributed by atoms with E-state index in [1.807, 2.05) is 11.8 Å². The number of sulfonamides is 1. The molecule has 148 valence electrons. The van der Waals surface area contributed by atoms with Gasteiger partial charge in [0, 0.05) is 32.1 Å². The molecule has 0 spiro atoms. The van der Waals surface area contributed by atoms with Crippen LogP contribution in [0.1, 0.15) is 39.5 Å². The summed E-state index contributed by atoms with van der Waals surface area (Å²) in [6.07, 6.45) is 3.86. The first kappa shape index (κ1) is 20.2. The number of hydrogen-bond donors (Lipinski definition) is 0. The van der Waals surface area contributed by atoms with Gasteiger partial charge in [-0.2, -0.15) is 13.1 Å². The molecule has 2 aromatic rings. The standard InChI is InChI=1S/C18H26N4O3S2/c1-3-5-7-14(4-2)18(23)21-10-12-22(13-11-21)27(24,25)16-9-6-8-15-17(16)20-26-19-15/h6,8-9,14H,3-5,7,10-13H2,1-2H3. The molecule has 1 aromatic heterocycles. The fourth-order valence-electron chi connectivity index (χ4n) is 3.49. The Bertz CT molecular complexity index is 889. The Hall–Kier alpha value is -1.58. The summed E-state index contributed by atoms with van der Waals surface area (Å²) in [5.74, 6) is 0.205. The third-order valence-corrected chi connectivity index (χ3v) is 7.64. The van der Waals surface area contributed by atoms with Crippen molar-refractivity contribution in [1.82, 2.24) is 18.0 Å². The highest BCUT2D eigenvalue weighted by Crippen LogP contribution is 2.26. The molecule has 1 aliphatic heterocycles. The summed E-state index contributed by atoms with van der Waals surface area (Å²) in [7, 11) is -3.65. The minimum Gasteiger partial charge on any atom is -0.340 e. The molecule has 0 bridgehead atoms. The highest BCUT2D eigenvalue weighted by atomic mass is 32.2. The summed E-state index contributed by atoms with van der Waals surface area (Å²) in [5, 5.41) is 0. The van der Waals surface area contributed by atoms with Crippen molar-refractivity contribution in [3.8, 4) is 0 Å². The van der Waals surface area contributed by atoms with Crippen molar-refractivity contribution in [3.05, 3.63) is 18.2 Å². The van der Waals surface area contributed by atoms with Crippen LogP contribution in [0.4, 0.5) is 0 Å². The summed E-state index contributed by atoms with van der Waals surface area (Å²) in [6, 6.07) is 5.03. The monoisotopic (exact) mass is 410 g/mol. The first-order valence-corrected chi connectivity index (χ1v) is 11.7. The minimum atomic E-state index is -3.65. The molecule has 1 saturated heterocycles. The van der Waals surface area contributed by atoms with Gasteiger partial charge in [-0.15, -0.1) is 0 Å². The summed E-state index contributed by atoms with van der Waals surface area (Å²) < 4.78 is 35.9. The lowest BCUT2D eigenvalue weighted by Gasteiger charge is -2.35. The third-order valence-electron chi connectivity index (χ3n) is 5.17. The van der Waals surface area contributed by atoms with Crippen LogP contribution in [0.2, 0.25) is 0 Å². The van der Waals surface area contributed by atoms with Gasteiger partial charge in [0.25, 0.3) is 0 Å². The van der Waals surface area contributed by atoms with Crippen LogP contribution in [-0.2, 0) is 14.8 Å². The number of unbranched alkanes of at least 4 members (excludes halogenated alkanes) is 1. The van der Waals surface area contributed by atoms with Crippen molar-refractivity contribution in [2.45, 2.75) is 44.4 Å². The number of carbonyl (C=O) groups is 1. The topological polar surface area (TPSA) is 83.5 Å². The van der Waals surface area contributed by atoms with Gasteiger partial charge >= 0.3 is 0 Å². The molecule has 2 heterocycles. The van der Waals surface area contributed by atoms with Crippen molar-refractivity contribution >= 4 is 38.7 Å². The highest BCUT2D eigenvalue weighted by Gasteiger charge is 2.33. The molecule has 1 aliphatic rings. The molecule has 1 atom stereocenters. The lowest BCUT2D eigenvalue weighted by atomic mass is 9.97. The van der Waals surface area contributed by atoms with E-state index in [-0.39, 0.29) is 16.7 Å². The van der Waals surface area contributed by atoms with Crippen molar-refractivity contribution in [2.75, 3.05) is 26.2 Å². The maximum Gasteiger partial charge on any atom is 0.245 e. The van der Waals surface area contributed by atoms with Gasteiger partial charge in [-0.1, -0.05) is 32.8 Å². The SMILES string of the molecule is CCCCC(CC)C(=O)N1CCN(S(=O)(=O)c2cccc3nsnc23)CC1. The summed E-state index contributed by atoms with van der Waals surface area (Å²) in [4.78, 5) is 14.8. The molecule has 0 saturated carbocycles. The van der Waals surface area contributed by atoms with E-state index < -0.39 is 10.0 Å². The Morgan fingerprint density at radius 2 is 1.93 bits per heavy atom. The lowest BCUT2D eigenvalue weighted by molar-refractivity contribution is -0.137. The van der Waals surface area contributed by atoms with Crippen LogP contribution >= 0.6 is 11.7 Å². The predicted octanol–water partition coefficient (Wildman–Crippen LogP) is 2.74. The van der Waals surface area contributed by atoms with E-state index in [1.54, 1.807) is 18.2 Å². The number of amides is 1. The number of fused-ring (bicyclic) bond motifs is 1. The van der Waals surface area contributed by atoms with E-state index in [2.05, 4.69) is 15.7 Å². The van der Waals surface area contributed by atoms with E-state index >= 15 is 0 Å². The fraction of sp³-hybridized carbons (Fsp3) is 0.611. The second kappa shape index (κ2) is 8.62. The van der Waals surface area contributed by atoms with Crippen LogP contribution in [0, 0.1) is 5.92 Å². The minimum absolute atomic E-state index is 0.0444. The van der Waals surface area contributed by atoms with Gasteiger partial charge in [-0.05, 0) is 25.0 Å². The van der Waals surface area contributed by atoms with Crippen LogP contribution in [0.25, 0.3) is 11.0 Å². The van der Waals surface area contributed by atoms with Crippen LogP contribution in [0.5, 0.6) is 0 Å². The third kappa shape index (κ3) is 4.14. The summed E-state index contributed by atoms with van der Waals surface area (Å²) >= 11 is 1.01. The molecule has 0 radical (unpaired) electrons. The first-order chi connectivity index (χ1) is 13.0. The quantitative estimate of drug-likeness (QED) is 0.701. The van der Waals surface area contributed by atoms with Gasteiger partial charge in [0.1, 0.15) is 15.9 Å². The maximum atomic E-state index is 13.1. The maximum absolute atomic E-state index is 13.1. The number of rotatable bonds is 7. The molecule has 1 amide bonds. The van der Waals surface area contributed by atoms with E-state index in [0.717, 1.165) is 37.4 Å². The molecule has 1 aromatic carbocycles. The molecular formula is C18H26N4O3S2. The van der Waals surface area contributed by atoms with Gasteiger partial charge in [-0.3, -0.25) is 4.79 Å². The van der Waals surface area contributed by atoms with Crippen LogP contribution in [0.3, 0.4) is 0 Å². The normalized spacial score (nSPS) is 17.3. The molecule has 3 rings (SSSR count).